The Hall–Kier alpha value is -1.84. The third kappa shape index (κ3) is 1.56. The highest BCUT2D eigenvalue weighted by Crippen LogP contribution is 2.32. The molecule has 0 radical (unpaired) electrons. The molecule has 4 heteroatoms. The van der Waals surface area contributed by atoms with E-state index < -0.39 is 11.6 Å². The first-order chi connectivity index (χ1) is 7.65. The molecule has 0 fully saturated rings. The lowest BCUT2D eigenvalue weighted by Crippen LogP contribution is -1.97. The van der Waals surface area contributed by atoms with Crippen molar-refractivity contribution in [3.05, 3.63) is 41.7 Å². The molecule has 0 aliphatic rings. The van der Waals surface area contributed by atoms with Gasteiger partial charge in [0.25, 0.3) is 0 Å². The number of furan rings is 1. The summed E-state index contributed by atoms with van der Waals surface area (Å²) >= 11 is 0. The van der Waals surface area contributed by atoms with Crippen molar-refractivity contribution in [2.24, 2.45) is 0 Å². The van der Waals surface area contributed by atoms with Gasteiger partial charge in [-0.3, -0.25) is 0 Å². The minimum Gasteiger partial charge on any atom is -0.496 e. The summed E-state index contributed by atoms with van der Waals surface area (Å²) in [6, 6.07) is 4.60. The summed E-state index contributed by atoms with van der Waals surface area (Å²) in [6.07, 6.45) is 1.40. The molecule has 0 atom stereocenters. The molecule has 0 spiro atoms. The van der Waals surface area contributed by atoms with Gasteiger partial charge in [0.2, 0.25) is 0 Å². The number of ether oxygens (including phenoxy) is 1. The molecule has 0 aliphatic carbocycles. The van der Waals surface area contributed by atoms with Crippen LogP contribution in [0.1, 0.15) is 5.56 Å². The van der Waals surface area contributed by atoms with Crippen molar-refractivity contribution in [1.82, 2.24) is 0 Å². The molecule has 0 N–H and O–H groups in total. The highest BCUT2D eigenvalue weighted by Gasteiger charge is 2.18. The fourth-order valence-electron chi connectivity index (χ4n) is 1.52. The zero-order valence-electron chi connectivity index (χ0n) is 8.88. The highest BCUT2D eigenvalue weighted by molar-refractivity contribution is 5.62. The van der Waals surface area contributed by atoms with Crippen LogP contribution in [0, 0.1) is 18.6 Å². The predicted octanol–water partition coefficient (Wildman–Crippen LogP) is 3.54. The Morgan fingerprint density at radius 3 is 2.56 bits per heavy atom. The number of rotatable bonds is 2. The molecule has 0 saturated heterocycles. The topological polar surface area (TPSA) is 22.4 Å². The normalized spacial score (nSPS) is 10.5. The minimum absolute atomic E-state index is 0.0601. The molecule has 84 valence electrons. The number of halogens is 2. The number of methoxy groups -OCH3 is 1. The van der Waals surface area contributed by atoms with Gasteiger partial charge in [0, 0.05) is 5.56 Å². The van der Waals surface area contributed by atoms with Crippen LogP contribution in [-0.4, -0.2) is 7.11 Å². The van der Waals surface area contributed by atoms with Crippen molar-refractivity contribution in [2.75, 3.05) is 7.11 Å². The first-order valence-electron chi connectivity index (χ1n) is 4.71. The van der Waals surface area contributed by atoms with Crippen LogP contribution in [0.25, 0.3) is 11.3 Å². The molecule has 1 heterocycles. The second-order valence-electron chi connectivity index (χ2n) is 3.36. The molecule has 2 aromatic rings. The Morgan fingerprint density at radius 2 is 2.00 bits per heavy atom. The smallest absolute Gasteiger partial charge is 0.170 e. The SMILES string of the molecule is COc1cc(-c2ccco2)c(F)c(F)c1C. The number of hydrogen-bond acceptors (Lipinski definition) is 2. The van der Waals surface area contributed by atoms with Crippen molar-refractivity contribution in [1.29, 1.82) is 0 Å². The van der Waals surface area contributed by atoms with Gasteiger partial charge in [-0.25, -0.2) is 8.78 Å². The van der Waals surface area contributed by atoms with E-state index in [1.807, 2.05) is 0 Å². The standard InChI is InChI=1S/C12H10F2O2/c1-7-10(15-2)6-8(12(14)11(7)13)9-4-3-5-16-9/h3-6H,1-2H3. The van der Waals surface area contributed by atoms with E-state index in [-0.39, 0.29) is 16.9 Å². The molecule has 0 unspecified atom stereocenters. The Morgan fingerprint density at radius 1 is 1.25 bits per heavy atom. The van der Waals surface area contributed by atoms with E-state index in [1.54, 1.807) is 12.1 Å². The van der Waals surface area contributed by atoms with E-state index in [0.717, 1.165) is 0 Å². The summed E-state index contributed by atoms with van der Waals surface area (Å²) in [5, 5.41) is 0. The highest BCUT2D eigenvalue weighted by atomic mass is 19.2. The van der Waals surface area contributed by atoms with Crippen molar-refractivity contribution in [3.8, 4) is 17.1 Å². The Labute approximate surface area is 91.5 Å². The van der Waals surface area contributed by atoms with Crippen LogP contribution in [0.4, 0.5) is 8.78 Å². The summed E-state index contributed by atoms with van der Waals surface area (Å²) in [5.41, 5.74) is 0.209. The van der Waals surface area contributed by atoms with Crippen LogP contribution in [0.3, 0.4) is 0 Å². The van der Waals surface area contributed by atoms with E-state index in [4.69, 9.17) is 9.15 Å². The lowest BCUT2D eigenvalue weighted by Gasteiger charge is -2.09. The minimum atomic E-state index is -0.923. The van der Waals surface area contributed by atoms with Gasteiger partial charge in [0.05, 0.1) is 18.9 Å². The van der Waals surface area contributed by atoms with Gasteiger partial charge in [0.15, 0.2) is 11.6 Å². The van der Waals surface area contributed by atoms with Crippen LogP contribution < -0.4 is 4.74 Å². The maximum Gasteiger partial charge on any atom is 0.170 e. The zero-order valence-corrected chi connectivity index (χ0v) is 8.88. The van der Waals surface area contributed by atoms with Gasteiger partial charge in [-0.2, -0.15) is 0 Å². The van der Waals surface area contributed by atoms with Crippen LogP contribution in [0.15, 0.2) is 28.9 Å². The van der Waals surface area contributed by atoms with Gasteiger partial charge in [0.1, 0.15) is 11.5 Å². The van der Waals surface area contributed by atoms with Crippen LogP contribution >= 0.6 is 0 Å². The second-order valence-corrected chi connectivity index (χ2v) is 3.36. The third-order valence-electron chi connectivity index (χ3n) is 2.41. The molecule has 0 aliphatic heterocycles. The van der Waals surface area contributed by atoms with Crippen LogP contribution in [0.5, 0.6) is 5.75 Å². The number of hydrogen-bond donors (Lipinski definition) is 0. The molecule has 0 amide bonds. The van der Waals surface area contributed by atoms with Crippen molar-refractivity contribution in [2.45, 2.75) is 6.92 Å². The molecular weight excluding hydrogens is 214 g/mol. The molecule has 1 aromatic carbocycles. The maximum absolute atomic E-state index is 13.7. The van der Waals surface area contributed by atoms with E-state index in [0.29, 0.717) is 5.75 Å². The zero-order chi connectivity index (χ0) is 11.7. The van der Waals surface area contributed by atoms with Crippen molar-refractivity contribution in [3.63, 3.8) is 0 Å². The predicted molar refractivity (Wildman–Crippen MR) is 55.3 cm³/mol. The fourth-order valence-corrected chi connectivity index (χ4v) is 1.52. The van der Waals surface area contributed by atoms with Crippen LogP contribution in [0.2, 0.25) is 0 Å². The average molecular weight is 224 g/mol. The Balaban J connectivity index is 2.67. The van der Waals surface area contributed by atoms with Crippen LogP contribution in [-0.2, 0) is 0 Å². The molecule has 2 nitrogen and oxygen atoms in total. The summed E-state index contributed by atoms with van der Waals surface area (Å²) in [6.45, 7) is 1.46. The van der Waals surface area contributed by atoms with Crippen molar-refractivity contribution >= 4 is 0 Å². The molecule has 16 heavy (non-hydrogen) atoms. The van der Waals surface area contributed by atoms with Gasteiger partial charge in [-0.15, -0.1) is 0 Å². The fraction of sp³-hybridized carbons (Fsp3) is 0.167. The lowest BCUT2D eigenvalue weighted by atomic mass is 10.1. The first kappa shape index (κ1) is 10.7. The van der Waals surface area contributed by atoms with Gasteiger partial charge < -0.3 is 9.15 Å². The quantitative estimate of drug-likeness (QED) is 0.778. The molecule has 2 rings (SSSR count). The number of benzene rings is 1. The van der Waals surface area contributed by atoms with E-state index in [2.05, 4.69) is 0 Å². The summed E-state index contributed by atoms with van der Waals surface area (Å²) in [7, 11) is 1.41. The van der Waals surface area contributed by atoms with Gasteiger partial charge in [-0.1, -0.05) is 0 Å². The maximum atomic E-state index is 13.7. The molecule has 0 saturated carbocycles. The largest absolute Gasteiger partial charge is 0.496 e. The van der Waals surface area contributed by atoms with Gasteiger partial charge >= 0.3 is 0 Å². The summed E-state index contributed by atoms with van der Waals surface area (Å²) in [4.78, 5) is 0. The van der Waals surface area contributed by atoms with E-state index in [9.17, 15) is 8.78 Å². The summed E-state index contributed by atoms with van der Waals surface area (Å²) in [5.74, 6) is -1.26. The third-order valence-corrected chi connectivity index (χ3v) is 2.41. The Bertz CT molecular complexity index is 504. The van der Waals surface area contributed by atoms with E-state index >= 15 is 0 Å². The Kier molecular flexibility index (Phi) is 2.64. The average Bonchev–Trinajstić information content (AvgIpc) is 2.80. The van der Waals surface area contributed by atoms with Gasteiger partial charge in [-0.05, 0) is 25.1 Å². The molecular formula is C12H10F2O2. The summed E-state index contributed by atoms with van der Waals surface area (Å²) < 4.78 is 37.2. The monoisotopic (exact) mass is 224 g/mol. The second kappa shape index (κ2) is 3.96. The molecule has 0 bridgehead atoms. The van der Waals surface area contributed by atoms with E-state index in [1.165, 1.54) is 26.4 Å². The first-order valence-corrected chi connectivity index (χ1v) is 4.71. The lowest BCUT2D eigenvalue weighted by molar-refractivity contribution is 0.401. The molecule has 1 aromatic heterocycles. The van der Waals surface area contributed by atoms with Crippen molar-refractivity contribution < 1.29 is 17.9 Å².